The van der Waals surface area contributed by atoms with Gasteiger partial charge in [0.1, 0.15) is 17.4 Å². The summed E-state index contributed by atoms with van der Waals surface area (Å²) in [6.45, 7) is 3.25. The summed E-state index contributed by atoms with van der Waals surface area (Å²) in [6, 6.07) is 8.30. The summed E-state index contributed by atoms with van der Waals surface area (Å²) >= 11 is 0. The van der Waals surface area contributed by atoms with E-state index in [1.807, 2.05) is 6.07 Å². The highest BCUT2D eigenvalue weighted by molar-refractivity contribution is 5.61. The molecule has 4 heteroatoms. The van der Waals surface area contributed by atoms with Crippen molar-refractivity contribution >= 4 is 5.69 Å². The van der Waals surface area contributed by atoms with Gasteiger partial charge in [-0.15, -0.1) is 0 Å². The topological polar surface area (TPSA) is 30.3 Å². The molecular formula is C19H24FN3. The predicted octanol–water partition coefficient (Wildman–Crippen LogP) is 3.54. The van der Waals surface area contributed by atoms with Gasteiger partial charge in [0.25, 0.3) is 0 Å². The molecule has 3 nitrogen and oxygen atoms in total. The molecule has 0 N–H and O–H groups in total. The van der Waals surface area contributed by atoms with Crippen LogP contribution < -0.4 is 4.90 Å². The number of fused-ring (bicyclic) bond motifs is 1. The molecule has 0 spiro atoms. The number of rotatable bonds is 2. The summed E-state index contributed by atoms with van der Waals surface area (Å²) in [5, 5.41) is 9.35. The lowest BCUT2D eigenvalue weighted by Gasteiger charge is -2.42. The molecule has 2 atom stereocenters. The van der Waals surface area contributed by atoms with Gasteiger partial charge in [0, 0.05) is 25.2 Å². The zero-order valence-electron chi connectivity index (χ0n) is 13.5. The highest BCUT2D eigenvalue weighted by atomic mass is 19.1. The van der Waals surface area contributed by atoms with Crippen LogP contribution in [0.5, 0.6) is 0 Å². The van der Waals surface area contributed by atoms with Gasteiger partial charge in [0.2, 0.25) is 0 Å². The van der Waals surface area contributed by atoms with Gasteiger partial charge in [0.15, 0.2) is 0 Å². The van der Waals surface area contributed by atoms with Crippen LogP contribution >= 0.6 is 0 Å². The van der Waals surface area contributed by atoms with Crippen molar-refractivity contribution in [2.45, 2.75) is 50.6 Å². The average molecular weight is 313 g/mol. The fourth-order valence-corrected chi connectivity index (χ4v) is 4.93. The highest BCUT2D eigenvalue weighted by Gasteiger charge is 2.41. The smallest absolute Gasteiger partial charge is 0.143 e. The maximum Gasteiger partial charge on any atom is 0.143 e. The van der Waals surface area contributed by atoms with Crippen molar-refractivity contribution in [2.75, 3.05) is 24.5 Å². The molecule has 0 amide bonds. The fraction of sp³-hybridized carbons (Fsp3) is 0.632. The highest BCUT2D eigenvalue weighted by Crippen LogP contribution is 2.38. The summed E-state index contributed by atoms with van der Waals surface area (Å²) in [5.41, 5.74) is 1.01. The lowest BCUT2D eigenvalue weighted by Crippen LogP contribution is -2.51. The van der Waals surface area contributed by atoms with Gasteiger partial charge in [-0.05, 0) is 50.3 Å². The summed E-state index contributed by atoms with van der Waals surface area (Å²) in [6.07, 6.45) is 7.81. The third-order valence-electron chi connectivity index (χ3n) is 6.15. The maximum atomic E-state index is 14.0. The van der Waals surface area contributed by atoms with Crippen LogP contribution in [0.2, 0.25) is 0 Å². The van der Waals surface area contributed by atoms with E-state index in [0.29, 0.717) is 12.0 Å². The molecule has 2 unspecified atom stereocenters. The van der Waals surface area contributed by atoms with Gasteiger partial charge in [-0.3, -0.25) is 4.90 Å². The molecule has 0 bridgehead atoms. The van der Waals surface area contributed by atoms with Crippen LogP contribution in [-0.2, 0) is 0 Å². The van der Waals surface area contributed by atoms with Crippen LogP contribution in [0.25, 0.3) is 0 Å². The van der Waals surface area contributed by atoms with Crippen molar-refractivity contribution in [1.82, 2.24) is 4.90 Å². The molecule has 23 heavy (non-hydrogen) atoms. The number of benzene rings is 1. The predicted molar refractivity (Wildman–Crippen MR) is 88.8 cm³/mol. The van der Waals surface area contributed by atoms with Gasteiger partial charge in [-0.1, -0.05) is 18.9 Å². The minimum atomic E-state index is -0.392. The van der Waals surface area contributed by atoms with Gasteiger partial charge in [-0.25, -0.2) is 4.39 Å². The van der Waals surface area contributed by atoms with E-state index in [-0.39, 0.29) is 5.56 Å². The number of anilines is 1. The minimum absolute atomic E-state index is 0.214. The lowest BCUT2D eigenvalue weighted by molar-refractivity contribution is 0.126. The van der Waals surface area contributed by atoms with E-state index in [2.05, 4.69) is 15.9 Å². The molecule has 2 aliphatic heterocycles. The average Bonchev–Trinajstić information content (AvgIpc) is 3.23. The van der Waals surface area contributed by atoms with E-state index in [1.54, 1.807) is 6.07 Å². The molecule has 3 aliphatic rings. The number of hydrogen-bond donors (Lipinski definition) is 0. The molecule has 1 aromatic carbocycles. The number of nitrogens with zero attached hydrogens (tertiary/aromatic N) is 3. The van der Waals surface area contributed by atoms with E-state index in [4.69, 9.17) is 0 Å². The Morgan fingerprint density at radius 2 is 1.87 bits per heavy atom. The Bertz CT molecular complexity index is 618. The molecule has 2 heterocycles. The SMILES string of the molecule is N#Cc1c(F)cccc1N1CCC2CCN(C3CCCC3)CC21. The first-order valence-electron chi connectivity index (χ1n) is 8.97. The van der Waals surface area contributed by atoms with Crippen molar-refractivity contribution in [3.8, 4) is 6.07 Å². The number of halogens is 1. The third-order valence-corrected chi connectivity index (χ3v) is 6.15. The second kappa shape index (κ2) is 6.13. The molecule has 3 fully saturated rings. The first kappa shape index (κ1) is 15.0. The molecule has 0 aromatic heterocycles. The second-order valence-electron chi connectivity index (χ2n) is 7.28. The number of piperidine rings is 1. The minimum Gasteiger partial charge on any atom is -0.366 e. The van der Waals surface area contributed by atoms with E-state index >= 15 is 0 Å². The van der Waals surface area contributed by atoms with Crippen LogP contribution in [0, 0.1) is 23.1 Å². The van der Waals surface area contributed by atoms with Crippen molar-refractivity contribution in [1.29, 1.82) is 5.26 Å². The quantitative estimate of drug-likeness (QED) is 0.836. The normalized spacial score (nSPS) is 28.8. The van der Waals surface area contributed by atoms with Crippen molar-refractivity contribution < 1.29 is 4.39 Å². The number of hydrogen-bond acceptors (Lipinski definition) is 3. The van der Waals surface area contributed by atoms with E-state index in [0.717, 1.165) is 24.8 Å². The Morgan fingerprint density at radius 1 is 1.09 bits per heavy atom. The Labute approximate surface area is 137 Å². The molecule has 1 saturated carbocycles. The van der Waals surface area contributed by atoms with Crippen molar-refractivity contribution in [3.63, 3.8) is 0 Å². The van der Waals surface area contributed by atoms with Crippen LogP contribution in [0.3, 0.4) is 0 Å². The van der Waals surface area contributed by atoms with E-state index < -0.39 is 5.82 Å². The zero-order chi connectivity index (χ0) is 15.8. The van der Waals surface area contributed by atoms with Crippen LogP contribution in [0.4, 0.5) is 10.1 Å². The van der Waals surface area contributed by atoms with Crippen molar-refractivity contribution in [2.24, 2.45) is 5.92 Å². The van der Waals surface area contributed by atoms with Crippen molar-refractivity contribution in [3.05, 3.63) is 29.6 Å². The molecule has 4 rings (SSSR count). The molecule has 122 valence electrons. The zero-order valence-corrected chi connectivity index (χ0v) is 13.5. The number of likely N-dealkylation sites (tertiary alicyclic amines) is 1. The standard InChI is InChI=1S/C19H24FN3/c20-17-6-3-7-18(16(17)12-21)23-11-9-14-8-10-22(13-19(14)23)15-4-1-2-5-15/h3,6-7,14-15,19H,1-2,4-5,8-11,13H2. The first-order valence-corrected chi connectivity index (χ1v) is 8.97. The maximum absolute atomic E-state index is 14.0. The third kappa shape index (κ3) is 2.61. The van der Waals surface area contributed by atoms with E-state index in [1.165, 1.54) is 51.1 Å². The Kier molecular flexibility index (Phi) is 3.98. The summed E-state index contributed by atoms with van der Waals surface area (Å²) in [7, 11) is 0. The number of nitriles is 1. The lowest BCUT2D eigenvalue weighted by atomic mass is 9.91. The molecule has 1 aromatic rings. The largest absolute Gasteiger partial charge is 0.366 e. The van der Waals surface area contributed by atoms with Gasteiger partial charge in [0.05, 0.1) is 5.69 Å². The first-order chi connectivity index (χ1) is 11.3. The van der Waals surface area contributed by atoms with Crippen LogP contribution in [0.15, 0.2) is 18.2 Å². The summed E-state index contributed by atoms with van der Waals surface area (Å²) < 4.78 is 14.0. The molecule has 2 saturated heterocycles. The van der Waals surface area contributed by atoms with Gasteiger partial charge < -0.3 is 4.90 Å². The molecule has 0 radical (unpaired) electrons. The fourth-order valence-electron chi connectivity index (χ4n) is 4.93. The Hall–Kier alpha value is -1.60. The molecular weight excluding hydrogens is 289 g/mol. The Morgan fingerprint density at radius 3 is 2.65 bits per heavy atom. The monoisotopic (exact) mass is 313 g/mol. The summed E-state index contributed by atoms with van der Waals surface area (Å²) in [5.74, 6) is 0.305. The Balaban J connectivity index is 1.58. The second-order valence-corrected chi connectivity index (χ2v) is 7.28. The summed E-state index contributed by atoms with van der Waals surface area (Å²) in [4.78, 5) is 4.98. The van der Waals surface area contributed by atoms with Crippen LogP contribution in [-0.4, -0.2) is 36.6 Å². The van der Waals surface area contributed by atoms with Gasteiger partial charge in [-0.2, -0.15) is 5.26 Å². The molecule has 1 aliphatic carbocycles. The van der Waals surface area contributed by atoms with Crippen LogP contribution in [0.1, 0.15) is 44.1 Å². The van der Waals surface area contributed by atoms with Gasteiger partial charge >= 0.3 is 0 Å². The van der Waals surface area contributed by atoms with E-state index in [9.17, 15) is 9.65 Å².